The maximum Gasteiger partial charge on any atom is 0.0467 e. The second-order valence-corrected chi connectivity index (χ2v) is 4.82. The second kappa shape index (κ2) is 5.39. The van der Waals surface area contributed by atoms with Crippen molar-refractivity contribution in [2.75, 3.05) is 25.5 Å². The average molecular weight is 249 g/mol. The van der Waals surface area contributed by atoms with Crippen molar-refractivity contribution in [3.63, 3.8) is 0 Å². The minimum absolute atomic E-state index is 0.885. The summed E-state index contributed by atoms with van der Waals surface area (Å²) in [6.45, 7) is 3.91. The second-order valence-electron chi connectivity index (χ2n) is 4.45. The van der Waals surface area contributed by atoms with Gasteiger partial charge in [-0.05, 0) is 31.7 Å². The number of likely N-dealkylation sites (N-methyl/N-ethyl adjacent to an activating group) is 1. The molecule has 0 radical (unpaired) electrons. The van der Waals surface area contributed by atoms with Gasteiger partial charge in [-0.15, -0.1) is 0 Å². The Bertz CT molecular complexity index is 449. The molecule has 0 unspecified atom stereocenters. The number of halogens is 1. The van der Waals surface area contributed by atoms with Gasteiger partial charge in [0, 0.05) is 35.6 Å². The van der Waals surface area contributed by atoms with E-state index in [1.54, 1.807) is 0 Å². The SMILES string of the molecule is CC1=C(Cl)/C(=C/Nc2ccccc2)CN(C)C1. The first-order valence-corrected chi connectivity index (χ1v) is 6.09. The minimum Gasteiger partial charge on any atom is -0.361 e. The summed E-state index contributed by atoms with van der Waals surface area (Å²) in [5.74, 6) is 0. The highest BCUT2D eigenvalue weighted by atomic mass is 35.5. The Morgan fingerprint density at radius 3 is 2.65 bits per heavy atom. The Morgan fingerprint density at radius 2 is 1.94 bits per heavy atom. The predicted octanol–water partition coefficient (Wildman–Crippen LogP) is 3.44. The van der Waals surface area contributed by atoms with Gasteiger partial charge < -0.3 is 5.32 Å². The first-order valence-electron chi connectivity index (χ1n) is 5.71. The van der Waals surface area contributed by atoms with Crippen LogP contribution in [0, 0.1) is 0 Å². The van der Waals surface area contributed by atoms with Crippen molar-refractivity contribution < 1.29 is 0 Å². The Hall–Kier alpha value is -1.25. The van der Waals surface area contributed by atoms with Crippen LogP contribution in [0.4, 0.5) is 5.69 Å². The van der Waals surface area contributed by atoms with Crippen molar-refractivity contribution in [3.05, 3.63) is 52.7 Å². The number of nitrogens with one attached hydrogen (secondary N) is 1. The molecular weight excluding hydrogens is 232 g/mol. The van der Waals surface area contributed by atoms with Gasteiger partial charge in [0.05, 0.1) is 0 Å². The Balaban J connectivity index is 2.14. The van der Waals surface area contributed by atoms with Crippen LogP contribution in [-0.2, 0) is 0 Å². The molecule has 0 fully saturated rings. The zero-order chi connectivity index (χ0) is 12.3. The summed E-state index contributed by atoms with van der Waals surface area (Å²) in [5, 5.41) is 4.17. The van der Waals surface area contributed by atoms with Crippen molar-refractivity contribution in [1.82, 2.24) is 4.90 Å². The smallest absolute Gasteiger partial charge is 0.0467 e. The summed E-state index contributed by atoms with van der Waals surface area (Å²) >= 11 is 6.31. The van der Waals surface area contributed by atoms with Gasteiger partial charge in [-0.1, -0.05) is 29.8 Å². The maximum absolute atomic E-state index is 6.31. The molecule has 1 aliphatic heterocycles. The molecule has 0 aromatic heterocycles. The van der Waals surface area contributed by atoms with Crippen LogP contribution < -0.4 is 5.32 Å². The van der Waals surface area contributed by atoms with Crippen molar-refractivity contribution in [3.8, 4) is 0 Å². The number of anilines is 1. The van der Waals surface area contributed by atoms with Gasteiger partial charge in [0.25, 0.3) is 0 Å². The van der Waals surface area contributed by atoms with E-state index in [1.807, 2.05) is 36.5 Å². The Labute approximate surface area is 108 Å². The number of hydrogen-bond acceptors (Lipinski definition) is 2. The lowest BCUT2D eigenvalue weighted by Crippen LogP contribution is -2.28. The van der Waals surface area contributed by atoms with Crippen LogP contribution in [0.25, 0.3) is 0 Å². The van der Waals surface area contributed by atoms with Crippen LogP contribution in [0.3, 0.4) is 0 Å². The molecule has 90 valence electrons. The summed E-state index contributed by atoms with van der Waals surface area (Å²) in [7, 11) is 2.10. The first-order chi connectivity index (χ1) is 8.16. The summed E-state index contributed by atoms with van der Waals surface area (Å²) in [6, 6.07) is 10.1. The average Bonchev–Trinajstić information content (AvgIpc) is 2.33. The van der Waals surface area contributed by atoms with Crippen LogP contribution in [0.2, 0.25) is 0 Å². The molecule has 0 saturated heterocycles. The molecule has 0 atom stereocenters. The molecule has 1 N–H and O–H groups in total. The number of rotatable bonds is 2. The van der Waals surface area contributed by atoms with Crippen LogP contribution in [0.1, 0.15) is 6.92 Å². The predicted molar refractivity (Wildman–Crippen MR) is 74.2 cm³/mol. The van der Waals surface area contributed by atoms with Crippen LogP contribution in [0.15, 0.2) is 52.7 Å². The highest BCUT2D eigenvalue weighted by molar-refractivity contribution is 6.32. The lowest BCUT2D eigenvalue weighted by Gasteiger charge is -2.25. The van der Waals surface area contributed by atoms with Crippen LogP contribution in [-0.4, -0.2) is 25.0 Å². The summed E-state index contributed by atoms with van der Waals surface area (Å²) in [5.41, 5.74) is 3.44. The molecule has 2 rings (SSSR count). The molecule has 1 aliphatic rings. The third kappa shape index (κ3) is 3.11. The third-order valence-corrected chi connectivity index (χ3v) is 3.36. The molecule has 0 bridgehead atoms. The van der Waals surface area contributed by atoms with E-state index in [1.165, 1.54) is 5.57 Å². The molecule has 1 aromatic rings. The number of nitrogens with zero attached hydrogens (tertiary/aromatic N) is 1. The van der Waals surface area contributed by atoms with Gasteiger partial charge in [-0.2, -0.15) is 0 Å². The molecule has 1 aromatic carbocycles. The largest absolute Gasteiger partial charge is 0.361 e. The Kier molecular flexibility index (Phi) is 3.87. The topological polar surface area (TPSA) is 15.3 Å². The van der Waals surface area contributed by atoms with Crippen LogP contribution in [0.5, 0.6) is 0 Å². The molecular formula is C14H17ClN2. The fourth-order valence-electron chi connectivity index (χ4n) is 1.98. The molecule has 3 heteroatoms. The molecule has 0 amide bonds. The highest BCUT2D eigenvalue weighted by Crippen LogP contribution is 2.25. The first kappa shape index (κ1) is 12.2. The molecule has 17 heavy (non-hydrogen) atoms. The van der Waals surface area contributed by atoms with Crippen molar-refractivity contribution in [1.29, 1.82) is 0 Å². The zero-order valence-electron chi connectivity index (χ0n) is 10.2. The number of benzene rings is 1. The van der Waals surface area contributed by atoms with E-state index in [2.05, 4.69) is 24.2 Å². The van der Waals surface area contributed by atoms with E-state index in [0.29, 0.717) is 0 Å². The standard InChI is InChI=1S/C14H17ClN2/c1-11-9-17(2)10-12(14(11)15)8-16-13-6-4-3-5-7-13/h3-8,16H,9-10H2,1-2H3/b12-8+. The van der Waals surface area contributed by atoms with E-state index >= 15 is 0 Å². The quantitative estimate of drug-likeness (QED) is 0.863. The van der Waals surface area contributed by atoms with E-state index in [9.17, 15) is 0 Å². The minimum atomic E-state index is 0.885. The van der Waals surface area contributed by atoms with Crippen molar-refractivity contribution in [2.45, 2.75) is 6.92 Å². The van der Waals surface area contributed by atoms with Gasteiger partial charge in [0.2, 0.25) is 0 Å². The van der Waals surface area contributed by atoms with Gasteiger partial charge >= 0.3 is 0 Å². The fourth-order valence-corrected chi connectivity index (χ4v) is 2.15. The van der Waals surface area contributed by atoms with E-state index in [-0.39, 0.29) is 0 Å². The van der Waals surface area contributed by atoms with Gasteiger partial charge in [0.15, 0.2) is 0 Å². The maximum atomic E-state index is 6.31. The molecule has 0 aliphatic carbocycles. The summed E-state index contributed by atoms with van der Waals surface area (Å²) in [6.07, 6.45) is 2.00. The monoisotopic (exact) mass is 248 g/mol. The van der Waals surface area contributed by atoms with Crippen molar-refractivity contribution >= 4 is 17.3 Å². The number of para-hydroxylation sites is 1. The summed E-state index contributed by atoms with van der Waals surface area (Å²) in [4.78, 5) is 2.25. The van der Waals surface area contributed by atoms with Gasteiger partial charge in [0.1, 0.15) is 0 Å². The van der Waals surface area contributed by atoms with Crippen molar-refractivity contribution in [2.24, 2.45) is 0 Å². The molecule has 0 saturated carbocycles. The highest BCUT2D eigenvalue weighted by Gasteiger charge is 2.16. The summed E-state index contributed by atoms with van der Waals surface area (Å²) < 4.78 is 0. The molecule has 0 spiro atoms. The van der Waals surface area contributed by atoms with Gasteiger partial charge in [-0.25, -0.2) is 0 Å². The zero-order valence-corrected chi connectivity index (χ0v) is 11.0. The number of hydrogen-bond donors (Lipinski definition) is 1. The lowest BCUT2D eigenvalue weighted by atomic mass is 10.1. The molecule has 1 heterocycles. The van der Waals surface area contributed by atoms with E-state index in [4.69, 9.17) is 11.6 Å². The van der Waals surface area contributed by atoms with E-state index < -0.39 is 0 Å². The van der Waals surface area contributed by atoms with Gasteiger partial charge in [-0.3, -0.25) is 4.90 Å². The lowest BCUT2D eigenvalue weighted by molar-refractivity contribution is 0.385. The third-order valence-electron chi connectivity index (χ3n) is 2.79. The van der Waals surface area contributed by atoms with Crippen LogP contribution >= 0.6 is 11.6 Å². The molecule has 2 nitrogen and oxygen atoms in total. The fraction of sp³-hybridized carbons (Fsp3) is 0.286. The Morgan fingerprint density at radius 1 is 1.24 bits per heavy atom. The van der Waals surface area contributed by atoms with E-state index in [0.717, 1.165) is 29.4 Å². The normalized spacial score (nSPS) is 19.8.